The minimum absolute atomic E-state index is 0.226. The number of aliphatic hydroxyl groups excluding tert-OH is 2. The number of benzene rings is 1. The molecule has 0 heterocycles. The summed E-state index contributed by atoms with van der Waals surface area (Å²) < 4.78 is 0.992. The molecule has 4 heteroatoms. The first-order valence-corrected chi connectivity index (χ1v) is 5.16. The number of rotatable bonds is 3. The van der Waals surface area contributed by atoms with Crippen molar-refractivity contribution in [1.82, 2.24) is 0 Å². The number of aliphatic hydroxyl groups is 2. The fourth-order valence-corrected chi connectivity index (χ4v) is 1.45. The molecule has 0 aliphatic heterocycles. The minimum atomic E-state index is -0.813. The number of nitrogens with two attached hydrogens (primary N) is 1. The van der Waals surface area contributed by atoms with E-state index in [1.807, 2.05) is 19.1 Å². The SMILES string of the molecule is Cc1cc(C(O)C(N)CO)ccc1Br. The standard InChI is InChI=1S/C10H14BrNO2/c1-6-4-7(2-3-8(6)11)10(14)9(12)5-13/h2-4,9-10,13-14H,5,12H2,1H3. The Hall–Kier alpha value is -0.420. The number of halogens is 1. The second-order valence-corrected chi connectivity index (χ2v) is 4.15. The monoisotopic (exact) mass is 259 g/mol. The zero-order valence-corrected chi connectivity index (χ0v) is 9.53. The van der Waals surface area contributed by atoms with Gasteiger partial charge in [-0.25, -0.2) is 0 Å². The minimum Gasteiger partial charge on any atom is -0.395 e. The summed E-state index contributed by atoms with van der Waals surface area (Å²) in [5, 5.41) is 18.5. The summed E-state index contributed by atoms with van der Waals surface area (Å²) in [6.45, 7) is 1.71. The number of aryl methyl sites for hydroxylation is 1. The fourth-order valence-electron chi connectivity index (χ4n) is 1.20. The van der Waals surface area contributed by atoms with Crippen molar-refractivity contribution in [3.8, 4) is 0 Å². The summed E-state index contributed by atoms with van der Waals surface area (Å²) in [6, 6.07) is 4.87. The first kappa shape index (κ1) is 11.7. The summed E-state index contributed by atoms with van der Waals surface area (Å²) in [5.74, 6) is 0. The maximum atomic E-state index is 9.70. The Morgan fingerprint density at radius 3 is 2.64 bits per heavy atom. The highest BCUT2D eigenvalue weighted by Gasteiger charge is 2.16. The molecule has 78 valence electrons. The highest BCUT2D eigenvalue weighted by Crippen LogP contribution is 2.22. The molecule has 3 nitrogen and oxygen atoms in total. The Balaban J connectivity index is 2.91. The fraction of sp³-hybridized carbons (Fsp3) is 0.400. The molecule has 0 radical (unpaired) electrons. The van der Waals surface area contributed by atoms with Gasteiger partial charge in [0.1, 0.15) is 0 Å². The molecular weight excluding hydrogens is 246 g/mol. The summed E-state index contributed by atoms with van der Waals surface area (Å²) in [6.07, 6.45) is -0.813. The molecule has 0 saturated heterocycles. The van der Waals surface area contributed by atoms with E-state index in [-0.39, 0.29) is 6.61 Å². The van der Waals surface area contributed by atoms with Gasteiger partial charge in [0, 0.05) is 4.47 Å². The molecule has 0 saturated carbocycles. The van der Waals surface area contributed by atoms with Crippen LogP contribution in [0.2, 0.25) is 0 Å². The van der Waals surface area contributed by atoms with Crippen molar-refractivity contribution < 1.29 is 10.2 Å². The average Bonchev–Trinajstić information content (AvgIpc) is 2.20. The van der Waals surface area contributed by atoms with Crippen LogP contribution in [0.1, 0.15) is 17.2 Å². The molecule has 0 amide bonds. The van der Waals surface area contributed by atoms with Crippen molar-refractivity contribution in [2.45, 2.75) is 19.1 Å². The highest BCUT2D eigenvalue weighted by molar-refractivity contribution is 9.10. The molecule has 0 aliphatic carbocycles. The molecule has 1 rings (SSSR count). The lowest BCUT2D eigenvalue weighted by Crippen LogP contribution is -2.31. The van der Waals surface area contributed by atoms with E-state index in [9.17, 15) is 5.11 Å². The normalized spacial score (nSPS) is 15.2. The molecule has 14 heavy (non-hydrogen) atoms. The van der Waals surface area contributed by atoms with Gasteiger partial charge in [0.2, 0.25) is 0 Å². The van der Waals surface area contributed by atoms with Gasteiger partial charge in [-0.15, -0.1) is 0 Å². The second-order valence-electron chi connectivity index (χ2n) is 3.30. The van der Waals surface area contributed by atoms with E-state index in [2.05, 4.69) is 15.9 Å². The van der Waals surface area contributed by atoms with Crippen molar-refractivity contribution in [2.75, 3.05) is 6.61 Å². The molecule has 1 aromatic carbocycles. The Morgan fingerprint density at radius 1 is 1.50 bits per heavy atom. The van der Waals surface area contributed by atoms with Crippen molar-refractivity contribution in [2.24, 2.45) is 5.73 Å². The van der Waals surface area contributed by atoms with Crippen LogP contribution in [0.25, 0.3) is 0 Å². The third-order valence-electron chi connectivity index (χ3n) is 2.14. The van der Waals surface area contributed by atoms with Crippen LogP contribution in [0.5, 0.6) is 0 Å². The van der Waals surface area contributed by atoms with Crippen molar-refractivity contribution >= 4 is 15.9 Å². The van der Waals surface area contributed by atoms with Crippen LogP contribution in [0.15, 0.2) is 22.7 Å². The van der Waals surface area contributed by atoms with Crippen LogP contribution in [0, 0.1) is 6.92 Å². The molecule has 0 bridgehead atoms. The molecule has 0 aromatic heterocycles. The Labute approximate surface area is 91.7 Å². The molecule has 2 atom stereocenters. The third kappa shape index (κ3) is 2.54. The molecule has 0 aliphatic rings. The van der Waals surface area contributed by atoms with E-state index in [4.69, 9.17) is 10.8 Å². The predicted octanol–water partition coefficient (Wildman–Crippen LogP) is 1.11. The maximum absolute atomic E-state index is 9.70. The third-order valence-corrected chi connectivity index (χ3v) is 3.03. The molecular formula is C10H14BrNO2. The lowest BCUT2D eigenvalue weighted by Gasteiger charge is -2.17. The summed E-state index contributed by atoms with van der Waals surface area (Å²) in [4.78, 5) is 0. The lowest BCUT2D eigenvalue weighted by atomic mass is 10.0. The molecule has 0 spiro atoms. The van der Waals surface area contributed by atoms with Gasteiger partial charge in [-0.3, -0.25) is 0 Å². The topological polar surface area (TPSA) is 66.5 Å². The van der Waals surface area contributed by atoms with Gasteiger partial charge in [-0.2, -0.15) is 0 Å². The van der Waals surface area contributed by atoms with Crippen LogP contribution >= 0.6 is 15.9 Å². The van der Waals surface area contributed by atoms with Gasteiger partial charge < -0.3 is 15.9 Å². The van der Waals surface area contributed by atoms with Crippen molar-refractivity contribution in [3.63, 3.8) is 0 Å². The smallest absolute Gasteiger partial charge is 0.0963 e. The van der Waals surface area contributed by atoms with E-state index in [0.29, 0.717) is 0 Å². The average molecular weight is 260 g/mol. The van der Waals surface area contributed by atoms with Crippen LogP contribution < -0.4 is 5.73 Å². The zero-order valence-electron chi connectivity index (χ0n) is 7.94. The van der Waals surface area contributed by atoms with Gasteiger partial charge in [0.25, 0.3) is 0 Å². The van der Waals surface area contributed by atoms with E-state index in [1.165, 1.54) is 0 Å². The molecule has 4 N–H and O–H groups in total. The van der Waals surface area contributed by atoms with Gasteiger partial charge in [-0.1, -0.05) is 28.1 Å². The highest BCUT2D eigenvalue weighted by atomic mass is 79.9. The summed E-state index contributed by atoms with van der Waals surface area (Å²) >= 11 is 3.37. The number of hydrogen-bond donors (Lipinski definition) is 3. The van der Waals surface area contributed by atoms with E-state index in [0.717, 1.165) is 15.6 Å². The van der Waals surface area contributed by atoms with Crippen LogP contribution in [-0.2, 0) is 0 Å². The quantitative estimate of drug-likeness (QED) is 0.762. The largest absolute Gasteiger partial charge is 0.395 e. The maximum Gasteiger partial charge on any atom is 0.0963 e. The second kappa shape index (κ2) is 4.89. The van der Waals surface area contributed by atoms with Crippen LogP contribution in [0.3, 0.4) is 0 Å². The van der Waals surface area contributed by atoms with E-state index >= 15 is 0 Å². The van der Waals surface area contributed by atoms with Crippen molar-refractivity contribution in [3.05, 3.63) is 33.8 Å². The van der Waals surface area contributed by atoms with Crippen LogP contribution in [-0.4, -0.2) is 22.9 Å². The van der Waals surface area contributed by atoms with Crippen molar-refractivity contribution in [1.29, 1.82) is 0 Å². The Bertz CT molecular complexity index is 317. The summed E-state index contributed by atoms with van der Waals surface area (Å²) in [5.41, 5.74) is 7.29. The zero-order chi connectivity index (χ0) is 10.7. The van der Waals surface area contributed by atoms with Crippen LogP contribution in [0.4, 0.5) is 0 Å². The van der Waals surface area contributed by atoms with Gasteiger partial charge >= 0.3 is 0 Å². The van der Waals surface area contributed by atoms with E-state index < -0.39 is 12.1 Å². The first-order valence-electron chi connectivity index (χ1n) is 4.37. The Morgan fingerprint density at radius 2 is 2.14 bits per heavy atom. The van der Waals surface area contributed by atoms with Gasteiger partial charge in [0.15, 0.2) is 0 Å². The molecule has 0 fully saturated rings. The summed E-state index contributed by atoms with van der Waals surface area (Å²) in [7, 11) is 0. The van der Waals surface area contributed by atoms with E-state index in [1.54, 1.807) is 6.07 Å². The Kier molecular flexibility index (Phi) is 4.07. The lowest BCUT2D eigenvalue weighted by molar-refractivity contribution is 0.109. The van der Waals surface area contributed by atoms with Gasteiger partial charge in [0.05, 0.1) is 18.8 Å². The predicted molar refractivity (Wildman–Crippen MR) is 58.9 cm³/mol. The number of hydrogen-bond acceptors (Lipinski definition) is 3. The molecule has 1 aromatic rings. The molecule has 2 unspecified atom stereocenters. The van der Waals surface area contributed by atoms with Gasteiger partial charge in [-0.05, 0) is 24.1 Å². The first-order chi connectivity index (χ1) is 6.56.